The molecule has 1 heterocycles. The number of nitrogens with zero attached hydrogens (tertiary/aromatic N) is 1. The molecule has 2 aromatic rings. The van der Waals surface area contributed by atoms with Crippen LogP contribution in [-0.2, 0) is 32.1 Å². The van der Waals surface area contributed by atoms with Gasteiger partial charge in [-0.05, 0) is 48.4 Å². The van der Waals surface area contributed by atoms with Gasteiger partial charge in [-0.3, -0.25) is 9.59 Å². The lowest BCUT2D eigenvalue weighted by atomic mass is 9.96. The zero-order valence-corrected chi connectivity index (χ0v) is 22.5. The van der Waals surface area contributed by atoms with Crippen molar-refractivity contribution < 1.29 is 23.9 Å². The van der Waals surface area contributed by atoms with E-state index in [-0.39, 0.29) is 30.8 Å². The Bertz CT molecular complexity index is 1020. The summed E-state index contributed by atoms with van der Waals surface area (Å²) in [5.74, 6) is -0.492. The number of rotatable bonds is 11. The van der Waals surface area contributed by atoms with Crippen LogP contribution in [0.4, 0.5) is 0 Å². The average Bonchev–Trinajstić information content (AvgIpc) is 3.40. The molecular weight excluding hydrogens is 494 g/mol. The van der Waals surface area contributed by atoms with Crippen LogP contribution in [0.15, 0.2) is 54.6 Å². The zero-order valence-electron chi connectivity index (χ0n) is 21.7. The summed E-state index contributed by atoms with van der Waals surface area (Å²) < 4.78 is 10.7. The maximum absolute atomic E-state index is 13.6. The number of nitrogens with one attached hydrogen (secondary N) is 1. The fourth-order valence-electron chi connectivity index (χ4n) is 4.33. The van der Waals surface area contributed by atoms with Gasteiger partial charge in [0, 0.05) is 6.54 Å². The third kappa shape index (κ3) is 8.20. The molecule has 0 saturated carbocycles. The smallest absolute Gasteiger partial charge is 0.329 e. The molecule has 0 aromatic heterocycles. The Labute approximate surface area is 225 Å². The number of likely N-dealkylation sites (tertiary alicyclic amines) is 1. The lowest BCUT2D eigenvalue weighted by Gasteiger charge is -2.31. The molecule has 1 aliphatic rings. The number of nitrogens with two attached hydrogens (primary N) is 1. The fraction of sp³-hybridized carbons (Fsp3) is 0.464. The average molecular weight is 532 g/mol. The van der Waals surface area contributed by atoms with E-state index in [0.29, 0.717) is 32.2 Å². The van der Waals surface area contributed by atoms with Crippen molar-refractivity contribution in [1.29, 1.82) is 0 Å². The van der Waals surface area contributed by atoms with Crippen molar-refractivity contribution in [3.8, 4) is 5.75 Å². The van der Waals surface area contributed by atoms with Crippen LogP contribution >= 0.6 is 12.4 Å². The van der Waals surface area contributed by atoms with E-state index in [2.05, 4.69) is 5.32 Å². The number of esters is 1. The minimum absolute atomic E-state index is 0. The van der Waals surface area contributed by atoms with Gasteiger partial charge < -0.3 is 25.4 Å². The number of methoxy groups -OCH3 is 1. The van der Waals surface area contributed by atoms with Gasteiger partial charge in [-0.15, -0.1) is 12.4 Å². The third-order valence-corrected chi connectivity index (χ3v) is 6.76. The number of carbonyl (C=O) groups is 3. The van der Waals surface area contributed by atoms with Gasteiger partial charge in [0.15, 0.2) is 0 Å². The lowest BCUT2D eigenvalue weighted by molar-refractivity contribution is -0.155. The summed E-state index contributed by atoms with van der Waals surface area (Å²) in [4.78, 5) is 40.9. The second-order valence-corrected chi connectivity index (χ2v) is 9.31. The molecule has 0 spiro atoms. The highest BCUT2D eigenvalue weighted by Gasteiger charge is 2.40. The van der Waals surface area contributed by atoms with Gasteiger partial charge in [0.25, 0.3) is 0 Å². The number of carbonyl (C=O) groups excluding carboxylic acids is 3. The molecule has 1 aliphatic heterocycles. The second kappa shape index (κ2) is 14.6. The molecule has 8 nitrogen and oxygen atoms in total. The van der Waals surface area contributed by atoms with Gasteiger partial charge in [0.1, 0.15) is 24.4 Å². The maximum Gasteiger partial charge on any atom is 0.329 e. The van der Waals surface area contributed by atoms with Crippen molar-refractivity contribution in [2.24, 2.45) is 11.7 Å². The molecule has 0 radical (unpaired) electrons. The Hall–Kier alpha value is -3.10. The lowest BCUT2D eigenvalue weighted by Crippen LogP contribution is -2.57. The summed E-state index contributed by atoms with van der Waals surface area (Å²) in [6.45, 7) is 4.48. The first kappa shape index (κ1) is 30.1. The molecule has 2 aromatic carbocycles. The van der Waals surface area contributed by atoms with Gasteiger partial charge in [0.05, 0.1) is 13.2 Å². The highest BCUT2D eigenvalue weighted by Crippen LogP contribution is 2.23. The number of amides is 2. The highest BCUT2D eigenvalue weighted by atomic mass is 35.5. The van der Waals surface area contributed by atoms with E-state index in [0.717, 1.165) is 16.9 Å². The van der Waals surface area contributed by atoms with Crippen LogP contribution in [-0.4, -0.2) is 54.5 Å². The first-order valence-electron chi connectivity index (χ1n) is 12.5. The van der Waals surface area contributed by atoms with Crippen molar-refractivity contribution in [3.63, 3.8) is 0 Å². The molecular formula is C28H38ClN3O5. The van der Waals surface area contributed by atoms with E-state index in [1.807, 2.05) is 68.4 Å². The van der Waals surface area contributed by atoms with Crippen molar-refractivity contribution >= 4 is 30.2 Å². The molecule has 3 rings (SSSR count). The first-order valence-corrected chi connectivity index (χ1v) is 12.5. The second-order valence-electron chi connectivity index (χ2n) is 9.31. The Morgan fingerprint density at radius 1 is 1.08 bits per heavy atom. The third-order valence-electron chi connectivity index (χ3n) is 6.76. The van der Waals surface area contributed by atoms with E-state index in [9.17, 15) is 14.4 Å². The maximum atomic E-state index is 13.6. The normalized spacial score (nSPS) is 17.2. The molecule has 37 heavy (non-hydrogen) atoms. The van der Waals surface area contributed by atoms with Crippen molar-refractivity contribution in [3.05, 3.63) is 65.7 Å². The van der Waals surface area contributed by atoms with E-state index in [1.165, 1.54) is 0 Å². The molecule has 202 valence electrons. The minimum atomic E-state index is -0.817. The van der Waals surface area contributed by atoms with Crippen LogP contribution in [0.2, 0.25) is 0 Å². The summed E-state index contributed by atoms with van der Waals surface area (Å²) >= 11 is 0. The monoisotopic (exact) mass is 531 g/mol. The van der Waals surface area contributed by atoms with Crippen molar-refractivity contribution in [2.75, 3.05) is 13.7 Å². The SMILES string of the molecule is CC[C@H](C)[C@H](NC(=O)[C@H](N)Cc1ccc(OC)cc1)C(=O)N1CCC[C@@H]1C(=O)OCc1ccccc1.Cl. The van der Waals surface area contributed by atoms with Crippen LogP contribution in [0.3, 0.4) is 0 Å². The van der Waals surface area contributed by atoms with Gasteiger partial charge in [-0.2, -0.15) is 0 Å². The van der Waals surface area contributed by atoms with Crippen LogP contribution in [0.25, 0.3) is 0 Å². The van der Waals surface area contributed by atoms with Crippen molar-refractivity contribution in [1.82, 2.24) is 10.2 Å². The summed E-state index contributed by atoms with van der Waals surface area (Å²) in [6, 6.07) is 14.5. The molecule has 0 aliphatic carbocycles. The molecule has 0 bridgehead atoms. The Morgan fingerprint density at radius 2 is 1.76 bits per heavy atom. The summed E-state index contributed by atoms with van der Waals surface area (Å²) in [6.07, 6.45) is 2.25. The molecule has 1 fully saturated rings. The fourth-order valence-corrected chi connectivity index (χ4v) is 4.33. The van der Waals surface area contributed by atoms with Gasteiger partial charge in [0.2, 0.25) is 11.8 Å². The predicted octanol–water partition coefficient (Wildman–Crippen LogP) is 3.25. The van der Waals surface area contributed by atoms with E-state index in [1.54, 1.807) is 12.0 Å². The number of benzene rings is 2. The molecule has 2 amide bonds. The summed E-state index contributed by atoms with van der Waals surface area (Å²) in [5, 5.41) is 2.87. The van der Waals surface area contributed by atoms with E-state index >= 15 is 0 Å². The topological polar surface area (TPSA) is 111 Å². The van der Waals surface area contributed by atoms with E-state index < -0.39 is 30.0 Å². The van der Waals surface area contributed by atoms with Gasteiger partial charge >= 0.3 is 5.97 Å². The number of halogens is 1. The van der Waals surface area contributed by atoms with Gasteiger partial charge in [-0.1, -0.05) is 62.7 Å². The Balaban J connectivity index is 0.00000481. The minimum Gasteiger partial charge on any atom is -0.497 e. The molecule has 9 heteroatoms. The van der Waals surface area contributed by atoms with Crippen molar-refractivity contribution in [2.45, 2.75) is 64.3 Å². The van der Waals surface area contributed by atoms with Crippen LogP contribution in [0.5, 0.6) is 5.75 Å². The van der Waals surface area contributed by atoms with Gasteiger partial charge in [-0.25, -0.2) is 4.79 Å². The molecule has 3 N–H and O–H groups in total. The largest absolute Gasteiger partial charge is 0.497 e. The Morgan fingerprint density at radius 3 is 2.38 bits per heavy atom. The Kier molecular flexibility index (Phi) is 11.9. The first-order chi connectivity index (χ1) is 17.3. The van der Waals surface area contributed by atoms with Crippen LogP contribution in [0, 0.1) is 5.92 Å². The number of hydrogen-bond donors (Lipinski definition) is 2. The molecule has 4 atom stereocenters. The molecule has 0 unspecified atom stereocenters. The zero-order chi connectivity index (χ0) is 26.1. The van der Waals surface area contributed by atoms with Crippen LogP contribution in [0.1, 0.15) is 44.2 Å². The number of hydrogen-bond acceptors (Lipinski definition) is 6. The van der Waals surface area contributed by atoms with Crippen LogP contribution < -0.4 is 15.8 Å². The summed E-state index contributed by atoms with van der Waals surface area (Å²) in [5.41, 5.74) is 7.97. The summed E-state index contributed by atoms with van der Waals surface area (Å²) in [7, 11) is 1.59. The predicted molar refractivity (Wildman–Crippen MR) is 144 cm³/mol. The molecule has 1 saturated heterocycles. The standard InChI is InChI=1S/C28H37N3O5.ClH/c1-4-19(2)25(30-26(32)23(29)17-20-12-14-22(35-3)15-13-20)27(33)31-16-8-11-24(31)28(34)36-18-21-9-6-5-7-10-21;/h5-7,9-10,12-15,19,23-25H,4,8,11,16-18,29H2,1-3H3,(H,30,32);1H/t19-,23+,24+,25-;/m0./s1. The highest BCUT2D eigenvalue weighted by molar-refractivity contribution is 5.92. The number of ether oxygens (including phenoxy) is 2. The quantitative estimate of drug-likeness (QED) is 0.431. The van der Waals surface area contributed by atoms with E-state index in [4.69, 9.17) is 15.2 Å².